The van der Waals surface area contributed by atoms with Gasteiger partial charge in [0, 0.05) is 7.05 Å². The molecule has 2 aromatic heterocycles. The molecule has 0 bridgehead atoms. The standard InChI is InChI=1S/C9H10N4O2/c1-5(9(14)15)7-6-3-12-13(2)8(6)11-4-10-7/h3-5H,1-2H3,(H,14,15). The third-order valence-corrected chi connectivity index (χ3v) is 2.34. The van der Waals surface area contributed by atoms with Gasteiger partial charge in [-0.3, -0.25) is 9.48 Å². The van der Waals surface area contributed by atoms with Crippen molar-refractivity contribution in [3.63, 3.8) is 0 Å². The van der Waals surface area contributed by atoms with Crippen LogP contribution in [0.5, 0.6) is 0 Å². The highest BCUT2D eigenvalue weighted by Crippen LogP contribution is 2.21. The number of hydrogen-bond donors (Lipinski definition) is 1. The van der Waals surface area contributed by atoms with E-state index >= 15 is 0 Å². The summed E-state index contributed by atoms with van der Waals surface area (Å²) in [4.78, 5) is 18.9. The molecule has 15 heavy (non-hydrogen) atoms. The van der Waals surface area contributed by atoms with Crippen molar-refractivity contribution in [2.45, 2.75) is 12.8 Å². The summed E-state index contributed by atoms with van der Waals surface area (Å²) in [6.07, 6.45) is 2.95. The van der Waals surface area contributed by atoms with Crippen LogP contribution in [0.15, 0.2) is 12.5 Å². The van der Waals surface area contributed by atoms with Crippen LogP contribution in [0.4, 0.5) is 0 Å². The lowest BCUT2D eigenvalue weighted by Gasteiger charge is -2.05. The van der Waals surface area contributed by atoms with Gasteiger partial charge in [0.05, 0.1) is 23.2 Å². The van der Waals surface area contributed by atoms with Crippen LogP contribution in [0.1, 0.15) is 18.5 Å². The molecule has 1 atom stereocenters. The molecule has 0 aromatic carbocycles. The highest BCUT2D eigenvalue weighted by Gasteiger charge is 2.19. The fourth-order valence-corrected chi connectivity index (χ4v) is 1.44. The summed E-state index contributed by atoms with van der Waals surface area (Å²) < 4.78 is 1.59. The molecule has 0 amide bonds. The summed E-state index contributed by atoms with van der Waals surface area (Å²) in [7, 11) is 1.75. The molecule has 2 heterocycles. The number of hydrogen-bond acceptors (Lipinski definition) is 4. The summed E-state index contributed by atoms with van der Waals surface area (Å²) in [6, 6.07) is 0. The molecule has 0 aliphatic carbocycles. The maximum atomic E-state index is 10.9. The molecule has 0 fully saturated rings. The van der Waals surface area contributed by atoms with E-state index in [1.54, 1.807) is 24.9 Å². The Bertz CT molecular complexity index is 520. The molecule has 2 rings (SSSR count). The Morgan fingerprint density at radius 1 is 1.53 bits per heavy atom. The van der Waals surface area contributed by atoms with E-state index in [1.807, 2.05) is 0 Å². The summed E-state index contributed by atoms with van der Waals surface area (Å²) in [6.45, 7) is 1.59. The van der Waals surface area contributed by atoms with Crippen LogP contribution in [0, 0.1) is 0 Å². The molecule has 6 nitrogen and oxygen atoms in total. The predicted octanol–water partition coefficient (Wildman–Crippen LogP) is 0.551. The summed E-state index contributed by atoms with van der Waals surface area (Å²) in [5.74, 6) is -1.56. The van der Waals surface area contributed by atoms with Gasteiger partial charge in [-0.25, -0.2) is 9.97 Å². The second kappa shape index (κ2) is 3.30. The van der Waals surface area contributed by atoms with E-state index in [-0.39, 0.29) is 0 Å². The first-order valence-corrected chi connectivity index (χ1v) is 4.46. The Labute approximate surface area is 85.6 Å². The van der Waals surface area contributed by atoms with Gasteiger partial charge in [-0.1, -0.05) is 0 Å². The number of carboxylic acids is 1. The van der Waals surface area contributed by atoms with E-state index in [0.717, 1.165) is 0 Å². The Hall–Kier alpha value is -1.98. The SMILES string of the molecule is CC(C(=O)O)c1ncnc2c1cnn2C. The van der Waals surface area contributed by atoms with Gasteiger partial charge in [0.2, 0.25) is 0 Å². The van der Waals surface area contributed by atoms with Crippen LogP contribution in [0.3, 0.4) is 0 Å². The topological polar surface area (TPSA) is 80.9 Å². The van der Waals surface area contributed by atoms with Crippen molar-refractivity contribution in [2.75, 3.05) is 0 Å². The first-order chi connectivity index (χ1) is 7.11. The first kappa shape index (κ1) is 9.57. The molecule has 0 saturated heterocycles. The number of aryl methyl sites for hydroxylation is 1. The fraction of sp³-hybridized carbons (Fsp3) is 0.333. The molecular formula is C9H10N4O2. The minimum Gasteiger partial charge on any atom is -0.481 e. The van der Waals surface area contributed by atoms with Gasteiger partial charge in [-0.2, -0.15) is 5.10 Å². The third kappa shape index (κ3) is 1.43. The largest absolute Gasteiger partial charge is 0.481 e. The minimum absolute atomic E-state index is 0.501. The summed E-state index contributed by atoms with van der Waals surface area (Å²) in [5.41, 5.74) is 1.15. The van der Waals surface area contributed by atoms with Crippen LogP contribution in [0.2, 0.25) is 0 Å². The minimum atomic E-state index is -0.904. The first-order valence-electron chi connectivity index (χ1n) is 4.46. The maximum Gasteiger partial charge on any atom is 0.312 e. The van der Waals surface area contributed by atoms with E-state index in [1.165, 1.54) is 6.33 Å². The fourth-order valence-electron chi connectivity index (χ4n) is 1.44. The smallest absolute Gasteiger partial charge is 0.312 e. The summed E-state index contributed by atoms with van der Waals surface area (Å²) >= 11 is 0. The van der Waals surface area contributed by atoms with Gasteiger partial charge in [0.1, 0.15) is 6.33 Å². The van der Waals surface area contributed by atoms with E-state index in [2.05, 4.69) is 15.1 Å². The van der Waals surface area contributed by atoms with E-state index in [0.29, 0.717) is 16.7 Å². The zero-order valence-electron chi connectivity index (χ0n) is 8.38. The maximum absolute atomic E-state index is 10.9. The zero-order valence-corrected chi connectivity index (χ0v) is 8.38. The lowest BCUT2D eigenvalue weighted by Crippen LogP contribution is -2.10. The van der Waals surface area contributed by atoms with Gasteiger partial charge < -0.3 is 5.11 Å². The summed E-state index contributed by atoms with van der Waals surface area (Å²) in [5, 5.41) is 13.6. The molecule has 2 aromatic rings. The highest BCUT2D eigenvalue weighted by molar-refractivity contribution is 5.84. The molecule has 0 aliphatic heterocycles. The molecule has 6 heteroatoms. The lowest BCUT2D eigenvalue weighted by molar-refractivity contribution is -0.138. The number of carbonyl (C=O) groups is 1. The van der Waals surface area contributed by atoms with Crippen molar-refractivity contribution in [3.8, 4) is 0 Å². The van der Waals surface area contributed by atoms with Crippen LogP contribution < -0.4 is 0 Å². The molecule has 1 N–H and O–H groups in total. The highest BCUT2D eigenvalue weighted by atomic mass is 16.4. The average molecular weight is 206 g/mol. The van der Waals surface area contributed by atoms with Crippen molar-refractivity contribution >= 4 is 17.0 Å². The van der Waals surface area contributed by atoms with E-state index in [4.69, 9.17) is 5.11 Å². The van der Waals surface area contributed by atoms with Gasteiger partial charge in [-0.15, -0.1) is 0 Å². The number of aromatic nitrogens is 4. The van der Waals surface area contributed by atoms with Gasteiger partial charge in [-0.05, 0) is 6.92 Å². The molecule has 0 radical (unpaired) electrons. The van der Waals surface area contributed by atoms with Gasteiger partial charge in [0.25, 0.3) is 0 Å². The van der Waals surface area contributed by atoms with Crippen LogP contribution >= 0.6 is 0 Å². The second-order valence-electron chi connectivity index (χ2n) is 3.32. The van der Waals surface area contributed by atoms with Crippen molar-refractivity contribution in [3.05, 3.63) is 18.2 Å². The monoisotopic (exact) mass is 206 g/mol. The van der Waals surface area contributed by atoms with Crippen LogP contribution in [-0.2, 0) is 11.8 Å². The van der Waals surface area contributed by atoms with Crippen LogP contribution in [-0.4, -0.2) is 30.8 Å². The number of aliphatic carboxylic acids is 1. The number of nitrogens with zero attached hydrogens (tertiary/aromatic N) is 4. The van der Waals surface area contributed by atoms with Crippen LogP contribution in [0.25, 0.3) is 11.0 Å². The molecular weight excluding hydrogens is 196 g/mol. The quantitative estimate of drug-likeness (QED) is 0.776. The zero-order chi connectivity index (χ0) is 11.0. The third-order valence-electron chi connectivity index (χ3n) is 2.34. The van der Waals surface area contributed by atoms with Gasteiger partial charge in [0.15, 0.2) is 5.65 Å². The number of rotatable bonds is 2. The second-order valence-corrected chi connectivity index (χ2v) is 3.32. The number of fused-ring (bicyclic) bond motifs is 1. The average Bonchev–Trinajstić information content (AvgIpc) is 2.59. The Kier molecular flexibility index (Phi) is 2.11. The number of carboxylic acid groups (broad SMARTS) is 1. The van der Waals surface area contributed by atoms with Crippen molar-refractivity contribution in [1.29, 1.82) is 0 Å². The molecule has 0 aliphatic rings. The Balaban J connectivity index is 2.66. The van der Waals surface area contributed by atoms with Gasteiger partial charge >= 0.3 is 5.97 Å². The molecule has 1 unspecified atom stereocenters. The predicted molar refractivity (Wildman–Crippen MR) is 52.4 cm³/mol. The van der Waals surface area contributed by atoms with Crippen molar-refractivity contribution in [1.82, 2.24) is 19.7 Å². The normalized spacial score (nSPS) is 12.9. The van der Waals surface area contributed by atoms with E-state index in [9.17, 15) is 4.79 Å². The molecule has 0 saturated carbocycles. The van der Waals surface area contributed by atoms with E-state index < -0.39 is 11.9 Å². The van der Waals surface area contributed by atoms with Crippen molar-refractivity contribution in [2.24, 2.45) is 7.05 Å². The molecule has 0 spiro atoms. The molecule has 78 valence electrons. The lowest BCUT2D eigenvalue weighted by atomic mass is 10.1. The van der Waals surface area contributed by atoms with Crippen molar-refractivity contribution < 1.29 is 9.90 Å². The Morgan fingerprint density at radius 2 is 2.27 bits per heavy atom. The Morgan fingerprint density at radius 3 is 2.93 bits per heavy atom.